The van der Waals surface area contributed by atoms with Crippen molar-refractivity contribution in [3.8, 4) is 6.07 Å². The first-order valence-corrected chi connectivity index (χ1v) is 6.43. The third kappa shape index (κ3) is 2.29. The van der Waals surface area contributed by atoms with Crippen LogP contribution in [0.1, 0.15) is 36.2 Å². The van der Waals surface area contributed by atoms with Gasteiger partial charge in [-0.25, -0.2) is 0 Å². The molecular weight excluding hydrogens is 226 g/mol. The summed E-state index contributed by atoms with van der Waals surface area (Å²) in [6.45, 7) is 3.74. The predicted molar refractivity (Wildman–Crippen MR) is 70.2 cm³/mol. The van der Waals surface area contributed by atoms with E-state index in [1.165, 1.54) is 12.0 Å². The molecule has 1 aliphatic carbocycles. The Hall–Kier alpha value is -1.31. The molecule has 1 saturated carbocycles. The summed E-state index contributed by atoms with van der Waals surface area (Å²) in [6.07, 6.45) is 3.56. The molecule has 0 aliphatic heterocycles. The molecular formula is C14H21N3O. The Morgan fingerprint density at radius 3 is 2.72 bits per heavy atom. The number of hydrogen-bond acceptors (Lipinski definition) is 3. The summed E-state index contributed by atoms with van der Waals surface area (Å²) in [4.78, 5) is 0. The molecule has 1 aromatic heterocycles. The van der Waals surface area contributed by atoms with Crippen molar-refractivity contribution in [1.29, 1.82) is 5.26 Å². The van der Waals surface area contributed by atoms with Crippen molar-refractivity contribution in [2.24, 2.45) is 7.05 Å². The molecule has 18 heavy (non-hydrogen) atoms. The molecule has 1 N–H and O–H groups in total. The van der Waals surface area contributed by atoms with E-state index in [1.807, 2.05) is 24.6 Å². The van der Waals surface area contributed by atoms with Crippen molar-refractivity contribution in [1.82, 2.24) is 9.88 Å². The van der Waals surface area contributed by atoms with E-state index >= 15 is 0 Å². The Morgan fingerprint density at radius 2 is 2.28 bits per heavy atom. The number of aromatic nitrogens is 1. The van der Waals surface area contributed by atoms with Gasteiger partial charge in [0.1, 0.15) is 11.8 Å². The molecule has 4 heteroatoms. The molecule has 1 aliphatic rings. The minimum Gasteiger partial charge on any atom is -0.377 e. The Bertz CT molecular complexity index is 461. The van der Waals surface area contributed by atoms with Crippen molar-refractivity contribution in [3.05, 3.63) is 23.0 Å². The average molecular weight is 247 g/mol. The molecule has 0 amide bonds. The predicted octanol–water partition coefficient (Wildman–Crippen LogP) is 1.86. The number of nitriles is 1. The van der Waals surface area contributed by atoms with Crippen LogP contribution in [0.4, 0.5) is 0 Å². The molecule has 0 saturated heterocycles. The van der Waals surface area contributed by atoms with Crippen LogP contribution in [-0.4, -0.2) is 23.8 Å². The molecule has 0 unspecified atom stereocenters. The van der Waals surface area contributed by atoms with Gasteiger partial charge < -0.3 is 14.6 Å². The first kappa shape index (κ1) is 13.1. The summed E-state index contributed by atoms with van der Waals surface area (Å²) in [5.74, 6) is 0. The highest BCUT2D eigenvalue weighted by atomic mass is 16.5. The third-order valence-electron chi connectivity index (χ3n) is 4.22. The van der Waals surface area contributed by atoms with Crippen LogP contribution in [0.15, 0.2) is 6.07 Å². The monoisotopic (exact) mass is 247 g/mol. The molecule has 1 aromatic rings. The van der Waals surface area contributed by atoms with Gasteiger partial charge in [-0.05, 0) is 37.8 Å². The number of nitrogens with one attached hydrogen (secondary N) is 1. The smallest absolute Gasteiger partial charge is 0.120 e. The van der Waals surface area contributed by atoms with E-state index in [0.717, 1.165) is 37.3 Å². The van der Waals surface area contributed by atoms with Crippen LogP contribution < -0.4 is 5.32 Å². The summed E-state index contributed by atoms with van der Waals surface area (Å²) in [7, 11) is 3.72. The lowest BCUT2D eigenvalue weighted by Gasteiger charge is -2.40. The fraction of sp³-hybridized carbons (Fsp3) is 0.643. The standard InChI is InChI=1S/C14H21N3O/c1-11-12(7-13(8-15)17(11)2)9-16-10-14(18-3)5-4-6-14/h7,16H,4-6,9-10H2,1-3H3. The van der Waals surface area contributed by atoms with Crippen molar-refractivity contribution in [2.45, 2.75) is 38.3 Å². The van der Waals surface area contributed by atoms with Gasteiger partial charge in [0.05, 0.1) is 5.60 Å². The molecule has 2 rings (SSSR count). The first-order chi connectivity index (χ1) is 8.62. The lowest BCUT2D eigenvalue weighted by molar-refractivity contribution is -0.0695. The van der Waals surface area contributed by atoms with Crippen molar-refractivity contribution in [2.75, 3.05) is 13.7 Å². The van der Waals surface area contributed by atoms with Gasteiger partial charge in [0.15, 0.2) is 0 Å². The maximum atomic E-state index is 8.98. The number of nitrogens with zero attached hydrogens (tertiary/aromatic N) is 2. The SMILES string of the molecule is COC1(CNCc2cc(C#N)n(C)c2C)CCC1. The zero-order valence-electron chi connectivity index (χ0n) is 11.4. The van der Waals surface area contributed by atoms with Crippen LogP contribution in [0.5, 0.6) is 0 Å². The van der Waals surface area contributed by atoms with Crippen molar-refractivity contribution >= 4 is 0 Å². The maximum absolute atomic E-state index is 8.98. The Kier molecular flexibility index (Phi) is 3.74. The van der Waals surface area contributed by atoms with E-state index in [1.54, 1.807) is 7.11 Å². The van der Waals surface area contributed by atoms with Gasteiger partial charge in [0.25, 0.3) is 0 Å². The van der Waals surface area contributed by atoms with Gasteiger partial charge in [-0.15, -0.1) is 0 Å². The van der Waals surface area contributed by atoms with Crippen molar-refractivity contribution < 1.29 is 4.74 Å². The number of rotatable bonds is 5. The number of hydrogen-bond donors (Lipinski definition) is 1. The Morgan fingerprint density at radius 1 is 1.56 bits per heavy atom. The molecule has 0 aromatic carbocycles. The second kappa shape index (κ2) is 5.13. The number of methoxy groups -OCH3 is 1. The Balaban J connectivity index is 1.93. The first-order valence-electron chi connectivity index (χ1n) is 6.43. The minimum absolute atomic E-state index is 0.0563. The molecule has 0 spiro atoms. The van der Waals surface area contributed by atoms with Crippen LogP contribution >= 0.6 is 0 Å². The average Bonchev–Trinajstić information content (AvgIpc) is 2.60. The van der Waals surface area contributed by atoms with Gasteiger partial charge in [-0.1, -0.05) is 0 Å². The molecule has 0 bridgehead atoms. The highest BCUT2D eigenvalue weighted by Crippen LogP contribution is 2.34. The van der Waals surface area contributed by atoms with Crippen molar-refractivity contribution in [3.63, 3.8) is 0 Å². The van der Waals surface area contributed by atoms with E-state index in [4.69, 9.17) is 10.00 Å². The highest BCUT2D eigenvalue weighted by Gasteiger charge is 2.36. The van der Waals surface area contributed by atoms with Gasteiger partial charge in [0.2, 0.25) is 0 Å². The van der Waals surface area contributed by atoms with Crippen LogP contribution in [0, 0.1) is 18.3 Å². The number of ether oxygens (including phenoxy) is 1. The summed E-state index contributed by atoms with van der Waals surface area (Å²) in [6, 6.07) is 4.17. The van der Waals surface area contributed by atoms with Crippen LogP contribution in [-0.2, 0) is 18.3 Å². The van der Waals surface area contributed by atoms with Crippen LogP contribution in [0.2, 0.25) is 0 Å². The van der Waals surface area contributed by atoms with E-state index in [2.05, 4.69) is 11.4 Å². The second-order valence-corrected chi connectivity index (χ2v) is 5.16. The Labute approximate surface area is 109 Å². The fourth-order valence-corrected chi connectivity index (χ4v) is 2.50. The normalized spacial score (nSPS) is 17.2. The largest absolute Gasteiger partial charge is 0.377 e. The van der Waals surface area contributed by atoms with E-state index < -0.39 is 0 Å². The van der Waals surface area contributed by atoms with Crippen LogP contribution in [0.3, 0.4) is 0 Å². The van der Waals surface area contributed by atoms with Gasteiger partial charge >= 0.3 is 0 Å². The lowest BCUT2D eigenvalue weighted by Crippen LogP contribution is -2.47. The van der Waals surface area contributed by atoms with Gasteiger partial charge in [-0.2, -0.15) is 5.26 Å². The summed E-state index contributed by atoms with van der Waals surface area (Å²) < 4.78 is 7.51. The highest BCUT2D eigenvalue weighted by molar-refractivity contribution is 5.34. The topological polar surface area (TPSA) is 50.0 Å². The quantitative estimate of drug-likeness (QED) is 0.864. The van der Waals surface area contributed by atoms with Gasteiger partial charge in [0, 0.05) is 32.9 Å². The lowest BCUT2D eigenvalue weighted by atomic mass is 9.80. The fourth-order valence-electron chi connectivity index (χ4n) is 2.50. The molecule has 1 fully saturated rings. The third-order valence-corrected chi connectivity index (χ3v) is 4.22. The van der Waals surface area contributed by atoms with Gasteiger partial charge in [-0.3, -0.25) is 0 Å². The zero-order chi connectivity index (χ0) is 13.2. The summed E-state index contributed by atoms with van der Waals surface area (Å²) in [5, 5.41) is 12.4. The summed E-state index contributed by atoms with van der Waals surface area (Å²) >= 11 is 0. The molecule has 98 valence electrons. The molecule has 0 radical (unpaired) electrons. The van der Waals surface area contributed by atoms with E-state index in [0.29, 0.717) is 0 Å². The second-order valence-electron chi connectivity index (χ2n) is 5.16. The minimum atomic E-state index is 0.0563. The van der Waals surface area contributed by atoms with Crippen LogP contribution in [0.25, 0.3) is 0 Å². The zero-order valence-corrected chi connectivity index (χ0v) is 11.4. The summed E-state index contributed by atoms with van der Waals surface area (Å²) in [5.41, 5.74) is 3.12. The maximum Gasteiger partial charge on any atom is 0.120 e. The molecule has 1 heterocycles. The molecule has 0 atom stereocenters. The van der Waals surface area contributed by atoms with E-state index in [9.17, 15) is 0 Å². The van der Waals surface area contributed by atoms with E-state index in [-0.39, 0.29) is 5.60 Å². The molecule has 4 nitrogen and oxygen atoms in total.